The van der Waals surface area contributed by atoms with Gasteiger partial charge in [0.05, 0.1) is 5.69 Å². The molecule has 0 radical (unpaired) electrons. The highest BCUT2D eigenvalue weighted by molar-refractivity contribution is 5.96. The van der Waals surface area contributed by atoms with Gasteiger partial charge in [-0.15, -0.1) is 10.2 Å². The molecule has 0 spiro atoms. The number of aryl methyl sites for hydroxylation is 1. The van der Waals surface area contributed by atoms with Crippen LogP contribution in [0, 0.1) is 6.92 Å². The first kappa shape index (κ1) is 18.4. The zero-order valence-corrected chi connectivity index (χ0v) is 16.8. The number of carbonyl (C=O) groups excluding carboxylic acids is 1. The fourth-order valence-electron chi connectivity index (χ4n) is 3.88. The molecule has 1 amide bonds. The van der Waals surface area contributed by atoms with Crippen LogP contribution in [0.4, 0.5) is 5.82 Å². The van der Waals surface area contributed by atoms with Crippen molar-refractivity contribution in [3.8, 4) is 11.3 Å². The van der Waals surface area contributed by atoms with E-state index in [2.05, 4.69) is 34.2 Å². The van der Waals surface area contributed by atoms with Gasteiger partial charge in [-0.25, -0.2) is 0 Å². The molecular weight excluding hydrogens is 376 g/mol. The van der Waals surface area contributed by atoms with E-state index in [1.165, 1.54) is 5.56 Å². The largest absolute Gasteiger partial charge is 0.451 e. The van der Waals surface area contributed by atoms with Crippen molar-refractivity contribution in [2.24, 2.45) is 0 Å². The average molecular weight is 398 g/mol. The van der Waals surface area contributed by atoms with E-state index in [1.807, 2.05) is 59.5 Å². The minimum atomic E-state index is -0.0631. The van der Waals surface area contributed by atoms with Gasteiger partial charge in [0, 0.05) is 37.1 Å². The number of carbonyl (C=O) groups is 1. The van der Waals surface area contributed by atoms with Gasteiger partial charge in [0.15, 0.2) is 11.6 Å². The first-order valence-corrected chi connectivity index (χ1v) is 10.1. The van der Waals surface area contributed by atoms with Gasteiger partial charge in [-0.1, -0.05) is 42.5 Å². The highest BCUT2D eigenvalue weighted by Gasteiger charge is 2.25. The number of para-hydroxylation sites is 1. The molecule has 30 heavy (non-hydrogen) atoms. The molecule has 0 aliphatic carbocycles. The molecule has 6 nitrogen and oxygen atoms in total. The number of anilines is 1. The third-order valence-corrected chi connectivity index (χ3v) is 5.60. The number of furan rings is 1. The summed E-state index contributed by atoms with van der Waals surface area (Å²) in [4.78, 5) is 16.8. The Morgan fingerprint density at radius 1 is 0.900 bits per heavy atom. The lowest BCUT2D eigenvalue weighted by atomic mass is 10.1. The molecule has 6 heteroatoms. The number of aromatic nitrogens is 2. The number of fused-ring (bicyclic) bond motifs is 1. The van der Waals surface area contributed by atoms with Crippen LogP contribution in [0.1, 0.15) is 16.1 Å². The van der Waals surface area contributed by atoms with E-state index < -0.39 is 0 Å². The molecular formula is C24H22N4O2. The van der Waals surface area contributed by atoms with Crippen LogP contribution < -0.4 is 4.90 Å². The minimum absolute atomic E-state index is 0.0631. The van der Waals surface area contributed by atoms with Crippen LogP contribution in [-0.2, 0) is 0 Å². The summed E-state index contributed by atoms with van der Waals surface area (Å²) in [5, 5.41) is 9.80. The van der Waals surface area contributed by atoms with Crippen molar-refractivity contribution in [2.75, 3.05) is 31.1 Å². The maximum absolute atomic E-state index is 12.8. The fourth-order valence-corrected chi connectivity index (χ4v) is 3.88. The number of piperazine rings is 1. The summed E-state index contributed by atoms with van der Waals surface area (Å²) >= 11 is 0. The summed E-state index contributed by atoms with van der Waals surface area (Å²) < 4.78 is 5.73. The average Bonchev–Trinajstić information content (AvgIpc) is 3.24. The van der Waals surface area contributed by atoms with E-state index in [9.17, 15) is 4.79 Å². The van der Waals surface area contributed by atoms with Gasteiger partial charge in [0.2, 0.25) is 0 Å². The van der Waals surface area contributed by atoms with Crippen LogP contribution in [0.3, 0.4) is 0 Å². The van der Waals surface area contributed by atoms with Gasteiger partial charge >= 0.3 is 0 Å². The van der Waals surface area contributed by atoms with Crippen LogP contribution in [-0.4, -0.2) is 47.2 Å². The maximum Gasteiger partial charge on any atom is 0.289 e. The Morgan fingerprint density at radius 2 is 1.67 bits per heavy atom. The third-order valence-electron chi connectivity index (χ3n) is 5.60. The number of hydrogen-bond acceptors (Lipinski definition) is 5. The van der Waals surface area contributed by atoms with Crippen molar-refractivity contribution in [1.29, 1.82) is 0 Å². The molecule has 1 saturated heterocycles. The van der Waals surface area contributed by atoms with E-state index >= 15 is 0 Å². The molecule has 0 atom stereocenters. The number of amides is 1. The molecule has 4 aromatic rings. The summed E-state index contributed by atoms with van der Waals surface area (Å²) in [6, 6.07) is 21.7. The summed E-state index contributed by atoms with van der Waals surface area (Å²) in [6.07, 6.45) is 0. The molecule has 5 rings (SSSR count). The highest BCUT2D eigenvalue weighted by atomic mass is 16.3. The second-order valence-electron chi connectivity index (χ2n) is 7.52. The third kappa shape index (κ3) is 3.41. The van der Waals surface area contributed by atoms with Crippen LogP contribution in [0.5, 0.6) is 0 Å². The quantitative estimate of drug-likeness (QED) is 0.519. The van der Waals surface area contributed by atoms with Gasteiger partial charge in [0.25, 0.3) is 5.91 Å². The molecule has 0 N–H and O–H groups in total. The molecule has 0 saturated carbocycles. The Balaban J connectivity index is 1.25. The Kier molecular flexibility index (Phi) is 4.67. The van der Waals surface area contributed by atoms with Gasteiger partial charge in [0.1, 0.15) is 5.58 Å². The lowest BCUT2D eigenvalue weighted by molar-refractivity contribution is 0.0717. The molecule has 2 aromatic carbocycles. The van der Waals surface area contributed by atoms with Gasteiger partial charge in [-0.2, -0.15) is 0 Å². The van der Waals surface area contributed by atoms with Gasteiger partial charge < -0.3 is 14.2 Å². The number of nitrogens with zero attached hydrogens (tertiary/aromatic N) is 4. The first-order valence-electron chi connectivity index (χ1n) is 10.1. The number of benzene rings is 2. The maximum atomic E-state index is 12.8. The SMILES string of the molecule is Cc1ccccc1-c1ccc(N2CCN(C(=O)c3cc4ccccc4o3)CC2)nn1. The first-order chi connectivity index (χ1) is 14.7. The predicted octanol–water partition coefficient (Wildman–Crippen LogP) is 4.16. The van der Waals surface area contributed by atoms with Crippen LogP contribution in [0.2, 0.25) is 0 Å². The van der Waals surface area contributed by atoms with Crippen LogP contribution in [0.25, 0.3) is 22.2 Å². The van der Waals surface area contributed by atoms with E-state index in [-0.39, 0.29) is 5.91 Å². The van der Waals surface area contributed by atoms with E-state index in [0.29, 0.717) is 31.9 Å². The molecule has 2 aromatic heterocycles. The second-order valence-corrected chi connectivity index (χ2v) is 7.52. The summed E-state index contributed by atoms with van der Waals surface area (Å²) in [5.41, 5.74) is 3.88. The summed E-state index contributed by atoms with van der Waals surface area (Å²) in [5.74, 6) is 1.17. The topological polar surface area (TPSA) is 62.5 Å². The zero-order valence-electron chi connectivity index (χ0n) is 16.8. The van der Waals surface area contributed by atoms with Crippen LogP contribution in [0.15, 0.2) is 71.1 Å². The Bertz CT molecular complexity index is 1160. The monoisotopic (exact) mass is 398 g/mol. The Hall–Kier alpha value is -3.67. The zero-order chi connectivity index (χ0) is 20.5. The highest BCUT2D eigenvalue weighted by Crippen LogP contribution is 2.23. The van der Waals surface area contributed by atoms with Gasteiger partial charge in [-0.05, 0) is 36.8 Å². The predicted molar refractivity (Wildman–Crippen MR) is 117 cm³/mol. The Morgan fingerprint density at radius 3 is 2.40 bits per heavy atom. The normalized spacial score (nSPS) is 14.3. The van der Waals surface area contributed by atoms with Crippen molar-refractivity contribution in [3.63, 3.8) is 0 Å². The van der Waals surface area contributed by atoms with E-state index in [4.69, 9.17) is 4.42 Å². The summed E-state index contributed by atoms with van der Waals surface area (Å²) in [6.45, 7) is 4.74. The fraction of sp³-hybridized carbons (Fsp3) is 0.208. The number of rotatable bonds is 3. The number of hydrogen-bond donors (Lipinski definition) is 0. The molecule has 0 bridgehead atoms. The molecule has 1 aliphatic rings. The standard InChI is InChI=1S/C24H22N4O2/c1-17-6-2-4-8-19(17)20-10-11-23(26-25-20)27-12-14-28(15-13-27)24(29)22-16-18-7-3-5-9-21(18)30-22/h2-11,16H,12-15H2,1H3. The second kappa shape index (κ2) is 7.63. The molecule has 1 fully saturated rings. The Labute approximate surface area is 174 Å². The lowest BCUT2D eigenvalue weighted by Crippen LogP contribution is -2.49. The van der Waals surface area contributed by atoms with Crippen molar-refractivity contribution in [1.82, 2.24) is 15.1 Å². The van der Waals surface area contributed by atoms with Crippen LogP contribution >= 0.6 is 0 Å². The van der Waals surface area contributed by atoms with Crippen molar-refractivity contribution in [3.05, 3.63) is 78.1 Å². The smallest absolute Gasteiger partial charge is 0.289 e. The summed E-state index contributed by atoms with van der Waals surface area (Å²) in [7, 11) is 0. The van der Waals surface area contributed by atoms with Gasteiger partial charge in [-0.3, -0.25) is 4.79 Å². The minimum Gasteiger partial charge on any atom is -0.451 e. The molecule has 0 unspecified atom stereocenters. The van der Waals surface area contributed by atoms with Crippen molar-refractivity contribution >= 4 is 22.7 Å². The lowest BCUT2D eigenvalue weighted by Gasteiger charge is -2.34. The molecule has 1 aliphatic heterocycles. The molecule has 150 valence electrons. The van der Waals surface area contributed by atoms with E-state index in [0.717, 1.165) is 28.0 Å². The van der Waals surface area contributed by atoms with Crippen molar-refractivity contribution in [2.45, 2.75) is 6.92 Å². The van der Waals surface area contributed by atoms with Crippen molar-refractivity contribution < 1.29 is 9.21 Å². The molecule has 3 heterocycles. The van der Waals surface area contributed by atoms with E-state index in [1.54, 1.807) is 0 Å².